The molecule has 0 atom stereocenters. The highest BCUT2D eigenvalue weighted by atomic mass is 35.5. The van der Waals surface area contributed by atoms with Gasteiger partial charge in [-0.15, -0.1) is 0 Å². The molecule has 0 bridgehead atoms. The molecule has 1 heterocycles. The number of anilines is 1. The fourth-order valence-corrected chi connectivity index (χ4v) is 2.91. The second-order valence-electron chi connectivity index (χ2n) is 3.96. The molecule has 0 aliphatic heterocycles. The second-order valence-corrected chi connectivity index (χ2v) is 6.05. The van der Waals surface area contributed by atoms with E-state index in [0.29, 0.717) is 6.07 Å². The predicted molar refractivity (Wildman–Crippen MR) is 71.5 cm³/mol. The zero-order valence-electron chi connectivity index (χ0n) is 10.2. The highest BCUT2D eigenvalue weighted by Crippen LogP contribution is 2.34. The summed E-state index contributed by atoms with van der Waals surface area (Å²) < 4.78 is 64.7. The van der Waals surface area contributed by atoms with Gasteiger partial charge in [0, 0.05) is 6.20 Å². The van der Waals surface area contributed by atoms with Crippen LogP contribution in [0.4, 0.5) is 19.0 Å². The fourth-order valence-electron chi connectivity index (χ4n) is 1.56. The van der Waals surface area contributed by atoms with Crippen LogP contribution in [0.2, 0.25) is 5.02 Å². The predicted octanol–water partition coefficient (Wildman–Crippen LogP) is 3.55. The molecule has 1 N–H and O–H groups in total. The zero-order chi connectivity index (χ0) is 15.7. The van der Waals surface area contributed by atoms with Crippen molar-refractivity contribution in [2.24, 2.45) is 0 Å². The Morgan fingerprint density at radius 3 is 2.33 bits per heavy atom. The quantitative estimate of drug-likeness (QED) is 0.932. The largest absolute Gasteiger partial charge is 0.417 e. The molecule has 0 spiro atoms. The molecule has 0 aliphatic carbocycles. The minimum atomic E-state index is -4.78. The van der Waals surface area contributed by atoms with Gasteiger partial charge in [0.2, 0.25) is 0 Å². The van der Waals surface area contributed by atoms with E-state index in [-0.39, 0.29) is 10.8 Å². The molecule has 1 aromatic carbocycles. The standard InChI is InChI=1S/C12H8ClF3N2O2S/c13-8-5-6-11(17-7-8)18-21(19,20)10-4-2-1-3-9(10)12(14,15)16/h1-7H,(H,17,18). The topological polar surface area (TPSA) is 59.1 Å². The summed E-state index contributed by atoms with van der Waals surface area (Å²) in [6, 6.07) is 6.50. The van der Waals surface area contributed by atoms with Gasteiger partial charge in [0.05, 0.1) is 15.5 Å². The summed E-state index contributed by atoms with van der Waals surface area (Å²) in [7, 11) is -4.42. The van der Waals surface area contributed by atoms with E-state index in [1.807, 2.05) is 4.72 Å². The number of sulfonamides is 1. The minimum Gasteiger partial charge on any atom is -0.263 e. The van der Waals surface area contributed by atoms with E-state index in [4.69, 9.17) is 11.6 Å². The Kier molecular flexibility index (Phi) is 4.11. The summed E-state index contributed by atoms with van der Waals surface area (Å²) in [5.74, 6) is -0.128. The summed E-state index contributed by atoms with van der Waals surface area (Å²) in [4.78, 5) is 2.81. The summed E-state index contributed by atoms with van der Waals surface area (Å²) in [6.45, 7) is 0. The van der Waals surface area contributed by atoms with Gasteiger partial charge < -0.3 is 0 Å². The number of nitrogens with one attached hydrogen (secondary N) is 1. The van der Waals surface area contributed by atoms with E-state index < -0.39 is 26.7 Å². The summed E-state index contributed by atoms with van der Waals surface area (Å²) in [5.41, 5.74) is -1.24. The molecule has 0 fully saturated rings. The van der Waals surface area contributed by atoms with Gasteiger partial charge in [-0.1, -0.05) is 23.7 Å². The Hall–Kier alpha value is -1.80. The van der Waals surface area contributed by atoms with Crippen molar-refractivity contribution in [1.82, 2.24) is 4.98 Å². The number of hydrogen-bond acceptors (Lipinski definition) is 3. The van der Waals surface area contributed by atoms with Crippen LogP contribution in [-0.2, 0) is 16.2 Å². The number of hydrogen-bond donors (Lipinski definition) is 1. The van der Waals surface area contributed by atoms with Crippen LogP contribution in [0, 0.1) is 0 Å². The maximum absolute atomic E-state index is 12.8. The van der Waals surface area contributed by atoms with Crippen molar-refractivity contribution >= 4 is 27.4 Å². The maximum atomic E-state index is 12.8. The first kappa shape index (κ1) is 15.6. The molecule has 21 heavy (non-hydrogen) atoms. The zero-order valence-corrected chi connectivity index (χ0v) is 11.8. The molecule has 0 amide bonds. The van der Waals surface area contributed by atoms with Crippen LogP contribution in [0.1, 0.15) is 5.56 Å². The lowest BCUT2D eigenvalue weighted by atomic mass is 10.2. The monoisotopic (exact) mass is 336 g/mol. The molecule has 0 radical (unpaired) electrons. The van der Waals surface area contributed by atoms with Gasteiger partial charge in [0.25, 0.3) is 10.0 Å². The molecule has 9 heteroatoms. The highest BCUT2D eigenvalue weighted by Gasteiger charge is 2.36. The van der Waals surface area contributed by atoms with Crippen LogP contribution in [0.25, 0.3) is 0 Å². The molecule has 0 saturated carbocycles. The number of nitrogens with zero attached hydrogens (tertiary/aromatic N) is 1. The molecular weight excluding hydrogens is 329 g/mol. The van der Waals surface area contributed by atoms with Crippen molar-refractivity contribution in [3.8, 4) is 0 Å². The number of rotatable bonds is 3. The first-order valence-corrected chi connectivity index (χ1v) is 7.37. The average Bonchev–Trinajstić information content (AvgIpc) is 2.40. The van der Waals surface area contributed by atoms with Crippen LogP contribution < -0.4 is 4.72 Å². The van der Waals surface area contributed by atoms with Crippen LogP contribution in [0.15, 0.2) is 47.5 Å². The molecule has 0 unspecified atom stereocenters. The van der Waals surface area contributed by atoms with E-state index in [2.05, 4.69) is 4.98 Å². The Balaban J connectivity index is 2.43. The van der Waals surface area contributed by atoms with Gasteiger partial charge in [-0.2, -0.15) is 13.2 Å². The Bertz CT molecular complexity index is 746. The maximum Gasteiger partial charge on any atom is 0.417 e. The Labute approximate surface area is 123 Å². The van der Waals surface area contributed by atoms with Crippen molar-refractivity contribution < 1.29 is 21.6 Å². The van der Waals surface area contributed by atoms with Crippen LogP contribution in [0.3, 0.4) is 0 Å². The van der Waals surface area contributed by atoms with Gasteiger partial charge in [-0.25, -0.2) is 13.4 Å². The molecular formula is C12H8ClF3N2O2S. The third-order valence-electron chi connectivity index (χ3n) is 2.45. The SMILES string of the molecule is O=S(=O)(Nc1ccc(Cl)cn1)c1ccccc1C(F)(F)F. The number of benzene rings is 1. The summed E-state index contributed by atoms with van der Waals surface area (Å²) in [5, 5.41) is 0.272. The van der Waals surface area contributed by atoms with Crippen molar-refractivity contribution in [2.45, 2.75) is 11.1 Å². The molecule has 0 aliphatic rings. The lowest BCUT2D eigenvalue weighted by molar-refractivity contribution is -0.139. The van der Waals surface area contributed by atoms with Crippen LogP contribution in [-0.4, -0.2) is 13.4 Å². The van der Waals surface area contributed by atoms with E-state index in [0.717, 1.165) is 12.1 Å². The van der Waals surface area contributed by atoms with E-state index in [1.54, 1.807) is 0 Å². The molecule has 1 aromatic heterocycles. The normalized spacial score (nSPS) is 12.2. The number of alkyl halides is 3. The van der Waals surface area contributed by atoms with Crippen LogP contribution >= 0.6 is 11.6 Å². The van der Waals surface area contributed by atoms with Gasteiger partial charge in [0.15, 0.2) is 0 Å². The Morgan fingerprint density at radius 1 is 1.10 bits per heavy atom. The van der Waals surface area contributed by atoms with E-state index in [9.17, 15) is 21.6 Å². The van der Waals surface area contributed by atoms with Crippen molar-refractivity contribution in [3.05, 3.63) is 53.2 Å². The minimum absolute atomic E-state index is 0.128. The number of aromatic nitrogens is 1. The Morgan fingerprint density at radius 2 is 1.76 bits per heavy atom. The lowest BCUT2D eigenvalue weighted by Gasteiger charge is -2.13. The number of pyridine rings is 1. The lowest BCUT2D eigenvalue weighted by Crippen LogP contribution is -2.19. The molecule has 2 aromatic rings. The second kappa shape index (κ2) is 5.53. The third-order valence-corrected chi connectivity index (χ3v) is 4.08. The number of halogens is 4. The summed E-state index contributed by atoms with van der Waals surface area (Å²) in [6.07, 6.45) is -3.60. The van der Waals surface area contributed by atoms with E-state index >= 15 is 0 Å². The summed E-state index contributed by atoms with van der Waals surface area (Å²) >= 11 is 5.60. The van der Waals surface area contributed by atoms with Crippen molar-refractivity contribution in [3.63, 3.8) is 0 Å². The first-order chi connectivity index (χ1) is 9.70. The van der Waals surface area contributed by atoms with Crippen molar-refractivity contribution in [1.29, 1.82) is 0 Å². The molecule has 2 rings (SSSR count). The van der Waals surface area contributed by atoms with E-state index in [1.165, 1.54) is 24.4 Å². The molecule has 0 saturated heterocycles. The molecule has 112 valence electrons. The first-order valence-electron chi connectivity index (χ1n) is 5.51. The van der Waals surface area contributed by atoms with Gasteiger partial charge >= 0.3 is 6.18 Å². The van der Waals surface area contributed by atoms with Gasteiger partial charge in [-0.3, -0.25) is 4.72 Å². The van der Waals surface area contributed by atoms with Crippen LogP contribution in [0.5, 0.6) is 0 Å². The van der Waals surface area contributed by atoms with Crippen molar-refractivity contribution in [2.75, 3.05) is 4.72 Å². The highest BCUT2D eigenvalue weighted by molar-refractivity contribution is 7.92. The fraction of sp³-hybridized carbons (Fsp3) is 0.0833. The van der Waals surface area contributed by atoms with Gasteiger partial charge in [0.1, 0.15) is 5.82 Å². The van der Waals surface area contributed by atoms with Gasteiger partial charge in [-0.05, 0) is 24.3 Å². The third kappa shape index (κ3) is 3.64. The average molecular weight is 337 g/mol. The smallest absolute Gasteiger partial charge is 0.263 e. The molecule has 4 nitrogen and oxygen atoms in total.